The fraction of sp³-hybridized carbons (Fsp3) is 0.526. The van der Waals surface area contributed by atoms with E-state index in [1.54, 1.807) is 30.1 Å². The van der Waals surface area contributed by atoms with E-state index in [0.717, 1.165) is 0 Å². The number of piperidine rings is 1. The largest absolute Gasteiger partial charge is 0.461 e. The summed E-state index contributed by atoms with van der Waals surface area (Å²) in [7, 11) is 0. The summed E-state index contributed by atoms with van der Waals surface area (Å²) in [6.07, 6.45) is 0.595. The van der Waals surface area contributed by atoms with E-state index in [9.17, 15) is 9.59 Å². The van der Waals surface area contributed by atoms with Gasteiger partial charge in [-0.3, -0.25) is 9.69 Å². The molecule has 9 heteroatoms. The number of fused-ring (bicyclic) bond motifs is 1. The molecule has 1 aromatic rings. The van der Waals surface area contributed by atoms with Crippen LogP contribution >= 0.6 is 11.6 Å². The van der Waals surface area contributed by atoms with Gasteiger partial charge in [0.05, 0.1) is 31.4 Å². The molecule has 3 heterocycles. The fourth-order valence-electron chi connectivity index (χ4n) is 4.30. The monoisotopic (exact) mass is 406 g/mol. The Kier molecular flexibility index (Phi) is 5.27. The summed E-state index contributed by atoms with van der Waals surface area (Å²) in [5, 5.41) is 9.79. The van der Waals surface area contributed by atoms with Gasteiger partial charge in [0.2, 0.25) is 5.66 Å². The molecule has 1 amide bonds. The Morgan fingerprint density at radius 2 is 2.21 bits per heavy atom. The number of hydrogen-bond acceptors (Lipinski definition) is 7. The molecule has 0 unspecified atom stereocenters. The van der Waals surface area contributed by atoms with Crippen molar-refractivity contribution in [1.82, 2.24) is 10.2 Å². The number of carbonyl (C=O) groups is 2. The van der Waals surface area contributed by atoms with E-state index in [4.69, 9.17) is 21.1 Å². The molecule has 0 bridgehead atoms. The Balaban J connectivity index is 1.87. The molecule has 1 N–H and O–H groups in total. The molecular formula is C19H23ClN4O4. The molecule has 2 fully saturated rings. The maximum Gasteiger partial charge on any atom is 0.354 e. The third-order valence-electron chi connectivity index (χ3n) is 5.43. The molecule has 28 heavy (non-hydrogen) atoms. The smallest absolute Gasteiger partial charge is 0.354 e. The van der Waals surface area contributed by atoms with Crippen LogP contribution in [0.4, 0.5) is 5.69 Å². The van der Waals surface area contributed by atoms with E-state index >= 15 is 0 Å². The molecule has 1 aromatic carbocycles. The summed E-state index contributed by atoms with van der Waals surface area (Å²) >= 11 is 6.21. The van der Waals surface area contributed by atoms with Gasteiger partial charge < -0.3 is 14.8 Å². The number of nitrogens with one attached hydrogen (secondary N) is 1. The Hall–Kier alpha value is -2.16. The molecule has 4 rings (SSSR count). The number of morpholine rings is 1. The number of carbonyl (C=O) groups excluding carboxylic acids is 2. The molecule has 3 aliphatic heterocycles. The second kappa shape index (κ2) is 7.69. The van der Waals surface area contributed by atoms with Gasteiger partial charge in [0, 0.05) is 24.7 Å². The SMILES string of the molecule is CCOC(=O)C1=NN(c2cccc(Cl)c2)[C@@]2(N3CCOCC3)C(=O)NCC[C@@H]12. The van der Waals surface area contributed by atoms with Crippen LogP contribution < -0.4 is 10.3 Å². The number of amides is 1. The van der Waals surface area contributed by atoms with Gasteiger partial charge in [-0.1, -0.05) is 17.7 Å². The lowest BCUT2D eigenvalue weighted by Crippen LogP contribution is -2.73. The van der Waals surface area contributed by atoms with Crippen LogP contribution in [0.5, 0.6) is 0 Å². The molecule has 0 saturated carbocycles. The fourth-order valence-corrected chi connectivity index (χ4v) is 4.48. The highest BCUT2D eigenvalue weighted by Crippen LogP contribution is 2.44. The van der Waals surface area contributed by atoms with Crippen molar-refractivity contribution in [2.24, 2.45) is 11.0 Å². The number of ether oxygens (including phenoxy) is 2. The molecule has 2 atom stereocenters. The Labute approximate surface area is 168 Å². The predicted molar refractivity (Wildman–Crippen MR) is 104 cm³/mol. The average Bonchev–Trinajstić information content (AvgIpc) is 3.06. The van der Waals surface area contributed by atoms with Gasteiger partial charge in [0.15, 0.2) is 5.71 Å². The molecule has 0 aromatic heterocycles. The topological polar surface area (TPSA) is 83.5 Å². The molecule has 0 aliphatic carbocycles. The van der Waals surface area contributed by atoms with Gasteiger partial charge in [-0.15, -0.1) is 0 Å². The maximum absolute atomic E-state index is 13.4. The molecule has 0 radical (unpaired) electrons. The first-order valence-electron chi connectivity index (χ1n) is 9.51. The zero-order valence-electron chi connectivity index (χ0n) is 15.7. The van der Waals surface area contributed by atoms with Crippen molar-refractivity contribution in [2.75, 3.05) is 44.5 Å². The number of hydrogen-bond donors (Lipinski definition) is 1. The highest BCUT2D eigenvalue weighted by Gasteiger charge is 2.63. The first-order valence-corrected chi connectivity index (χ1v) is 9.89. The number of esters is 1. The summed E-state index contributed by atoms with van der Waals surface area (Å²) in [5.41, 5.74) is -0.210. The van der Waals surface area contributed by atoms with Crippen LogP contribution in [0.25, 0.3) is 0 Å². The zero-order valence-corrected chi connectivity index (χ0v) is 16.4. The molecule has 2 saturated heterocycles. The van der Waals surface area contributed by atoms with Gasteiger partial charge in [-0.2, -0.15) is 5.10 Å². The van der Waals surface area contributed by atoms with E-state index < -0.39 is 17.6 Å². The van der Waals surface area contributed by atoms with Gasteiger partial charge in [0.25, 0.3) is 5.91 Å². The lowest BCUT2D eigenvalue weighted by atomic mass is 9.80. The molecule has 8 nitrogen and oxygen atoms in total. The van der Waals surface area contributed by atoms with Crippen molar-refractivity contribution in [3.8, 4) is 0 Å². The predicted octanol–water partition coefficient (Wildman–Crippen LogP) is 1.24. The first kappa shape index (κ1) is 19.2. The third-order valence-corrected chi connectivity index (χ3v) is 5.67. The van der Waals surface area contributed by atoms with Crippen LogP contribution in [-0.4, -0.2) is 67.6 Å². The summed E-state index contributed by atoms with van der Waals surface area (Å²) in [4.78, 5) is 28.2. The van der Waals surface area contributed by atoms with Crippen molar-refractivity contribution in [1.29, 1.82) is 0 Å². The highest BCUT2D eigenvalue weighted by molar-refractivity contribution is 6.39. The first-order chi connectivity index (χ1) is 13.6. The van der Waals surface area contributed by atoms with Crippen LogP contribution in [-0.2, 0) is 19.1 Å². The van der Waals surface area contributed by atoms with Gasteiger partial charge in [-0.05, 0) is 31.5 Å². The van der Waals surface area contributed by atoms with E-state index in [0.29, 0.717) is 50.0 Å². The van der Waals surface area contributed by atoms with Crippen LogP contribution in [0, 0.1) is 5.92 Å². The quantitative estimate of drug-likeness (QED) is 0.757. The molecule has 150 valence electrons. The van der Waals surface area contributed by atoms with Crippen LogP contribution in [0.2, 0.25) is 5.02 Å². The van der Waals surface area contributed by atoms with E-state index in [-0.39, 0.29) is 18.2 Å². The van der Waals surface area contributed by atoms with Gasteiger partial charge in [0.1, 0.15) is 0 Å². The second-order valence-corrected chi connectivity index (χ2v) is 7.36. The minimum absolute atomic E-state index is 0.173. The Morgan fingerprint density at radius 3 is 2.93 bits per heavy atom. The summed E-state index contributed by atoms with van der Waals surface area (Å²) in [5.74, 6) is -1.06. The number of benzene rings is 1. The van der Waals surface area contributed by atoms with Crippen molar-refractivity contribution >= 4 is 34.9 Å². The van der Waals surface area contributed by atoms with Crippen LogP contribution in [0.15, 0.2) is 29.4 Å². The van der Waals surface area contributed by atoms with Crippen molar-refractivity contribution < 1.29 is 19.1 Å². The third kappa shape index (κ3) is 2.96. The van der Waals surface area contributed by atoms with Crippen LogP contribution in [0.3, 0.4) is 0 Å². The normalized spacial score (nSPS) is 27.8. The Bertz CT molecular complexity index is 811. The van der Waals surface area contributed by atoms with E-state index in [1.807, 2.05) is 6.07 Å². The highest BCUT2D eigenvalue weighted by atomic mass is 35.5. The average molecular weight is 407 g/mol. The standard InChI is InChI=1S/C19H23ClN4O4/c1-2-28-17(25)16-15-6-7-21-18(26)19(15,23-8-10-27-11-9-23)24(22-16)14-5-3-4-13(20)12-14/h3-5,12,15H,2,6-11H2,1H3,(H,21,26)/t15-,19+/m0/s1. The van der Waals surface area contributed by atoms with Crippen molar-refractivity contribution in [2.45, 2.75) is 19.0 Å². The van der Waals surface area contributed by atoms with E-state index in [2.05, 4.69) is 15.3 Å². The minimum atomic E-state index is -1.14. The minimum Gasteiger partial charge on any atom is -0.461 e. The van der Waals surface area contributed by atoms with E-state index in [1.165, 1.54) is 0 Å². The summed E-state index contributed by atoms with van der Waals surface area (Å²) in [6, 6.07) is 7.15. The number of rotatable bonds is 4. The van der Waals surface area contributed by atoms with Crippen molar-refractivity contribution in [3.63, 3.8) is 0 Å². The molecular weight excluding hydrogens is 384 g/mol. The van der Waals surface area contributed by atoms with Gasteiger partial charge in [-0.25, -0.2) is 9.80 Å². The lowest BCUT2D eigenvalue weighted by molar-refractivity contribution is -0.143. The lowest BCUT2D eigenvalue weighted by Gasteiger charge is -2.50. The summed E-state index contributed by atoms with van der Waals surface area (Å²) < 4.78 is 10.8. The van der Waals surface area contributed by atoms with Crippen molar-refractivity contribution in [3.05, 3.63) is 29.3 Å². The number of hydrazone groups is 1. The van der Waals surface area contributed by atoms with Gasteiger partial charge >= 0.3 is 5.97 Å². The Morgan fingerprint density at radius 1 is 1.43 bits per heavy atom. The molecule has 3 aliphatic rings. The molecule has 0 spiro atoms. The number of nitrogens with zero attached hydrogens (tertiary/aromatic N) is 3. The summed E-state index contributed by atoms with van der Waals surface area (Å²) in [6.45, 7) is 4.64. The maximum atomic E-state index is 13.4. The van der Waals surface area contributed by atoms with Crippen LogP contribution in [0.1, 0.15) is 13.3 Å². The second-order valence-electron chi connectivity index (χ2n) is 6.92. The number of halogens is 1. The number of anilines is 1. The zero-order chi connectivity index (χ0) is 19.7.